The monoisotopic (exact) mass is 466 g/mol. The third kappa shape index (κ3) is 4.39. The first-order valence-corrected chi connectivity index (χ1v) is 10.8. The number of anilines is 1. The summed E-state index contributed by atoms with van der Waals surface area (Å²) >= 11 is 0. The Kier molecular flexibility index (Phi) is 6.14. The van der Waals surface area contributed by atoms with Gasteiger partial charge in [0.05, 0.1) is 13.2 Å². The van der Waals surface area contributed by atoms with Gasteiger partial charge in [0.25, 0.3) is 11.8 Å². The number of rotatable bonds is 5. The molecular weight excluding hydrogens is 440 g/mol. The van der Waals surface area contributed by atoms with Gasteiger partial charge >= 0.3 is 6.03 Å². The van der Waals surface area contributed by atoms with Gasteiger partial charge in [0.15, 0.2) is 11.5 Å². The Labute approximate surface area is 196 Å². The van der Waals surface area contributed by atoms with Crippen LogP contribution in [-0.2, 0) is 15.1 Å². The zero-order chi connectivity index (χ0) is 24.5. The average molecular weight is 466 g/mol. The fraction of sp³-hybridized carbons (Fsp3) is 0.333. The number of carbonyl (C=O) groups excluding carboxylic acids is 4. The molecule has 4 rings (SSSR count). The summed E-state index contributed by atoms with van der Waals surface area (Å²) in [6, 6.07) is 10.8. The highest BCUT2D eigenvalue weighted by Crippen LogP contribution is 2.36. The maximum absolute atomic E-state index is 13.2. The van der Waals surface area contributed by atoms with Crippen molar-refractivity contribution in [2.24, 2.45) is 0 Å². The van der Waals surface area contributed by atoms with E-state index in [2.05, 4.69) is 10.6 Å². The van der Waals surface area contributed by atoms with Crippen LogP contribution in [0.5, 0.6) is 11.5 Å². The summed E-state index contributed by atoms with van der Waals surface area (Å²) in [6.07, 6.45) is 0.745. The van der Waals surface area contributed by atoms with E-state index in [0.717, 1.165) is 11.3 Å². The Morgan fingerprint density at radius 1 is 1.06 bits per heavy atom. The topological polar surface area (TPSA) is 117 Å². The van der Waals surface area contributed by atoms with Gasteiger partial charge in [0, 0.05) is 31.8 Å². The van der Waals surface area contributed by atoms with E-state index in [0.29, 0.717) is 41.5 Å². The molecule has 5 amide bonds. The summed E-state index contributed by atoms with van der Waals surface area (Å²) in [5, 5.41) is 5.33. The van der Waals surface area contributed by atoms with Crippen molar-refractivity contribution in [2.45, 2.75) is 18.9 Å². The van der Waals surface area contributed by atoms with Crippen molar-refractivity contribution in [3.63, 3.8) is 0 Å². The van der Waals surface area contributed by atoms with Gasteiger partial charge in [-0.3, -0.25) is 19.3 Å². The highest BCUT2D eigenvalue weighted by atomic mass is 16.5. The summed E-state index contributed by atoms with van der Waals surface area (Å²) in [5.41, 5.74) is 0.0937. The van der Waals surface area contributed by atoms with Crippen molar-refractivity contribution in [2.75, 3.05) is 39.2 Å². The molecule has 2 aromatic rings. The molecule has 34 heavy (non-hydrogen) atoms. The van der Waals surface area contributed by atoms with Crippen molar-refractivity contribution in [3.8, 4) is 11.5 Å². The van der Waals surface area contributed by atoms with Gasteiger partial charge in [-0.2, -0.15) is 0 Å². The Morgan fingerprint density at radius 3 is 2.41 bits per heavy atom. The predicted octanol–water partition coefficient (Wildman–Crippen LogP) is 1.96. The Balaban J connectivity index is 1.45. The van der Waals surface area contributed by atoms with Crippen LogP contribution in [-0.4, -0.2) is 67.4 Å². The highest BCUT2D eigenvalue weighted by molar-refractivity contribution is 6.10. The number of ether oxygens (including phenoxy) is 2. The van der Waals surface area contributed by atoms with E-state index in [1.807, 2.05) is 0 Å². The number of nitrogens with one attached hydrogen (secondary N) is 2. The number of carbonyl (C=O) groups is 4. The quantitative estimate of drug-likeness (QED) is 0.651. The Morgan fingerprint density at radius 2 is 1.74 bits per heavy atom. The molecule has 1 atom stereocenters. The van der Waals surface area contributed by atoms with Crippen molar-refractivity contribution in [1.29, 1.82) is 0 Å². The maximum Gasteiger partial charge on any atom is 0.325 e. The van der Waals surface area contributed by atoms with Crippen molar-refractivity contribution in [3.05, 3.63) is 53.6 Å². The fourth-order valence-corrected chi connectivity index (χ4v) is 3.81. The Bertz CT molecular complexity index is 1150. The van der Waals surface area contributed by atoms with E-state index in [4.69, 9.17) is 9.47 Å². The maximum atomic E-state index is 13.2. The van der Waals surface area contributed by atoms with Crippen LogP contribution < -0.4 is 20.1 Å². The fourth-order valence-electron chi connectivity index (χ4n) is 3.81. The van der Waals surface area contributed by atoms with Crippen LogP contribution in [0.25, 0.3) is 0 Å². The van der Waals surface area contributed by atoms with Crippen LogP contribution in [0.15, 0.2) is 42.5 Å². The first kappa shape index (κ1) is 23.1. The third-order valence-electron chi connectivity index (χ3n) is 5.72. The van der Waals surface area contributed by atoms with Gasteiger partial charge in [-0.15, -0.1) is 0 Å². The number of hydrogen-bond acceptors (Lipinski definition) is 6. The molecule has 2 aliphatic heterocycles. The van der Waals surface area contributed by atoms with Crippen LogP contribution >= 0.6 is 0 Å². The second kappa shape index (κ2) is 9.05. The van der Waals surface area contributed by atoms with Gasteiger partial charge < -0.3 is 25.0 Å². The zero-order valence-corrected chi connectivity index (χ0v) is 19.2. The molecule has 2 N–H and O–H groups in total. The minimum Gasteiger partial charge on any atom is -0.490 e. The van der Waals surface area contributed by atoms with E-state index >= 15 is 0 Å². The largest absolute Gasteiger partial charge is 0.490 e. The van der Waals surface area contributed by atoms with Crippen molar-refractivity contribution in [1.82, 2.24) is 15.1 Å². The van der Waals surface area contributed by atoms with E-state index in [-0.39, 0.29) is 5.91 Å². The first-order chi connectivity index (χ1) is 16.2. The van der Waals surface area contributed by atoms with Gasteiger partial charge in [0.2, 0.25) is 5.91 Å². The Hall–Kier alpha value is -4.08. The second-order valence-electron chi connectivity index (χ2n) is 8.48. The zero-order valence-electron chi connectivity index (χ0n) is 19.2. The first-order valence-electron chi connectivity index (χ1n) is 10.8. The van der Waals surface area contributed by atoms with Crippen molar-refractivity contribution < 1.29 is 28.7 Å². The lowest BCUT2D eigenvalue weighted by molar-refractivity contribution is -0.133. The number of amides is 5. The van der Waals surface area contributed by atoms with E-state index in [1.54, 1.807) is 63.5 Å². The molecule has 2 aliphatic rings. The molecule has 10 heteroatoms. The lowest BCUT2D eigenvalue weighted by Gasteiger charge is -2.23. The summed E-state index contributed by atoms with van der Waals surface area (Å²) in [6.45, 7) is 2.16. The minimum atomic E-state index is -1.35. The standard InChI is InChI=1S/C24H26N4O6/c1-24(16-7-10-18-19(13-16)34-12-4-11-33-18)22(31)28(23(32)26-24)14-20(29)25-17-8-5-15(6-9-17)21(30)27(2)3/h5-10,13H,4,11-12,14H2,1-3H3,(H,25,29)(H,26,32). The normalized spacial score (nSPS) is 19.3. The number of benzene rings is 2. The molecule has 1 fully saturated rings. The van der Waals surface area contributed by atoms with Crippen LogP contribution in [0, 0.1) is 0 Å². The number of nitrogens with zero attached hydrogens (tertiary/aromatic N) is 2. The number of hydrogen-bond donors (Lipinski definition) is 2. The summed E-state index contributed by atoms with van der Waals surface area (Å²) in [4.78, 5) is 52.7. The van der Waals surface area contributed by atoms with E-state index in [9.17, 15) is 19.2 Å². The van der Waals surface area contributed by atoms with Gasteiger partial charge in [-0.25, -0.2) is 4.79 Å². The molecule has 0 aliphatic carbocycles. The molecule has 0 bridgehead atoms. The van der Waals surface area contributed by atoms with Crippen molar-refractivity contribution >= 4 is 29.4 Å². The van der Waals surface area contributed by atoms with Crippen LogP contribution in [0.4, 0.5) is 10.5 Å². The van der Waals surface area contributed by atoms with Gasteiger partial charge in [-0.1, -0.05) is 6.07 Å². The van der Waals surface area contributed by atoms with E-state index in [1.165, 1.54) is 4.90 Å². The molecular formula is C24H26N4O6. The lowest BCUT2D eigenvalue weighted by atomic mass is 9.91. The van der Waals surface area contributed by atoms with Crippen LogP contribution in [0.1, 0.15) is 29.3 Å². The predicted molar refractivity (Wildman–Crippen MR) is 123 cm³/mol. The molecule has 1 unspecified atom stereocenters. The van der Waals surface area contributed by atoms with Gasteiger partial charge in [-0.05, 0) is 48.9 Å². The lowest BCUT2D eigenvalue weighted by Crippen LogP contribution is -2.42. The molecule has 0 aromatic heterocycles. The summed E-state index contributed by atoms with van der Waals surface area (Å²) < 4.78 is 11.3. The third-order valence-corrected chi connectivity index (χ3v) is 5.72. The minimum absolute atomic E-state index is 0.161. The van der Waals surface area contributed by atoms with Crippen LogP contribution in [0.3, 0.4) is 0 Å². The SMILES string of the molecule is CN(C)C(=O)c1ccc(NC(=O)CN2C(=O)NC(C)(c3ccc4c(c3)OCCCO4)C2=O)cc1. The number of fused-ring (bicyclic) bond motifs is 1. The smallest absolute Gasteiger partial charge is 0.325 e. The van der Waals surface area contributed by atoms with Crippen LogP contribution in [0.2, 0.25) is 0 Å². The average Bonchev–Trinajstić information content (AvgIpc) is 2.97. The molecule has 0 radical (unpaired) electrons. The molecule has 0 spiro atoms. The summed E-state index contributed by atoms with van der Waals surface area (Å²) in [7, 11) is 3.30. The number of urea groups is 1. The second-order valence-corrected chi connectivity index (χ2v) is 8.48. The molecule has 1 saturated heterocycles. The molecule has 2 aromatic carbocycles. The highest BCUT2D eigenvalue weighted by Gasteiger charge is 2.49. The number of imide groups is 1. The molecule has 2 heterocycles. The molecule has 10 nitrogen and oxygen atoms in total. The molecule has 0 saturated carbocycles. The van der Waals surface area contributed by atoms with Gasteiger partial charge in [0.1, 0.15) is 12.1 Å². The molecule has 178 valence electrons. The van der Waals surface area contributed by atoms with E-state index < -0.39 is 29.9 Å². The summed E-state index contributed by atoms with van der Waals surface area (Å²) in [5.74, 6) is -0.166.